The lowest BCUT2D eigenvalue weighted by Crippen LogP contribution is -2.12. The van der Waals surface area contributed by atoms with Crippen LogP contribution in [0.3, 0.4) is 0 Å². The number of nitrogens with one attached hydrogen (secondary N) is 1. The molecule has 2 N–H and O–H groups in total. The molecule has 0 saturated heterocycles. The largest absolute Gasteiger partial charge is 0.504 e. The third-order valence-corrected chi connectivity index (χ3v) is 2.78. The zero-order valence-electron chi connectivity index (χ0n) is 10.2. The molecule has 0 aliphatic heterocycles. The van der Waals surface area contributed by atoms with Crippen LogP contribution in [0.25, 0.3) is 0 Å². The van der Waals surface area contributed by atoms with Crippen LogP contribution >= 0.6 is 11.6 Å². The number of anilines is 1. The number of carbonyl (C=O) groups excluding carboxylic acids is 1. The molecule has 2 rings (SSSR count). The number of phenols is 1. The summed E-state index contributed by atoms with van der Waals surface area (Å²) in [6.45, 7) is 0. The second-order valence-electron chi connectivity index (χ2n) is 3.82. The first-order valence-electron chi connectivity index (χ1n) is 5.54. The minimum atomic E-state index is -0.432. The van der Waals surface area contributed by atoms with E-state index in [1.165, 1.54) is 13.2 Å². The van der Waals surface area contributed by atoms with Crippen molar-refractivity contribution >= 4 is 23.2 Å². The number of ether oxygens (including phenoxy) is 1. The van der Waals surface area contributed by atoms with Crippen LogP contribution in [0.5, 0.6) is 11.5 Å². The van der Waals surface area contributed by atoms with Gasteiger partial charge in [0.15, 0.2) is 11.5 Å². The predicted molar refractivity (Wildman–Crippen MR) is 74.1 cm³/mol. The first kappa shape index (κ1) is 13.2. The monoisotopic (exact) mass is 277 g/mol. The summed E-state index contributed by atoms with van der Waals surface area (Å²) in [4.78, 5) is 12.0. The average molecular weight is 278 g/mol. The van der Waals surface area contributed by atoms with E-state index in [-0.39, 0.29) is 17.1 Å². The highest BCUT2D eigenvalue weighted by Gasteiger charge is 2.14. The molecular formula is C14H12ClNO3. The van der Waals surface area contributed by atoms with Gasteiger partial charge in [0.1, 0.15) is 0 Å². The van der Waals surface area contributed by atoms with Gasteiger partial charge in [-0.15, -0.1) is 0 Å². The van der Waals surface area contributed by atoms with E-state index in [4.69, 9.17) is 16.3 Å². The van der Waals surface area contributed by atoms with Crippen molar-refractivity contribution in [1.29, 1.82) is 0 Å². The highest BCUT2D eigenvalue weighted by Crippen LogP contribution is 2.30. The molecular weight excluding hydrogens is 266 g/mol. The van der Waals surface area contributed by atoms with Crippen LogP contribution in [-0.2, 0) is 0 Å². The molecule has 5 heteroatoms. The maximum absolute atomic E-state index is 12.0. The van der Waals surface area contributed by atoms with E-state index >= 15 is 0 Å². The summed E-state index contributed by atoms with van der Waals surface area (Å²) < 4.78 is 4.95. The lowest BCUT2D eigenvalue weighted by Gasteiger charge is -2.09. The molecule has 4 nitrogen and oxygen atoms in total. The van der Waals surface area contributed by atoms with Crippen molar-refractivity contribution in [3.63, 3.8) is 0 Å². The molecule has 0 radical (unpaired) electrons. The molecule has 0 aliphatic carbocycles. The van der Waals surface area contributed by atoms with Crippen molar-refractivity contribution in [3.05, 3.63) is 53.1 Å². The fourth-order valence-corrected chi connectivity index (χ4v) is 1.83. The Balaban J connectivity index is 2.25. The van der Waals surface area contributed by atoms with Crippen LogP contribution in [0, 0.1) is 0 Å². The number of para-hydroxylation sites is 1. The average Bonchev–Trinajstić information content (AvgIpc) is 2.39. The van der Waals surface area contributed by atoms with E-state index in [0.717, 1.165) is 0 Å². The zero-order chi connectivity index (χ0) is 13.8. The van der Waals surface area contributed by atoms with Crippen LogP contribution in [0.1, 0.15) is 10.4 Å². The number of hydrogen-bond acceptors (Lipinski definition) is 3. The highest BCUT2D eigenvalue weighted by molar-refractivity contribution is 6.31. The lowest BCUT2D eigenvalue weighted by atomic mass is 10.1. The first-order valence-corrected chi connectivity index (χ1v) is 5.92. The number of carbonyl (C=O) groups is 1. The van der Waals surface area contributed by atoms with Crippen LogP contribution in [-0.4, -0.2) is 18.1 Å². The lowest BCUT2D eigenvalue weighted by molar-refractivity contribution is 0.102. The maximum atomic E-state index is 12.0. The quantitative estimate of drug-likeness (QED) is 0.905. The number of aromatic hydroxyl groups is 1. The topological polar surface area (TPSA) is 58.6 Å². The summed E-state index contributed by atoms with van der Waals surface area (Å²) in [5.41, 5.74) is 0.694. The molecule has 0 heterocycles. The van der Waals surface area contributed by atoms with E-state index in [0.29, 0.717) is 10.7 Å². The number of benzene rings is 2. The van der Waals surface area contributed by atoms with Crippen molar-refractivity contribution in [3.8, 4) is 11.5 Å². The van der Waals surface area contributed by atoms with Gasteiger partial charge < -0.3 is 15.2 Å². The Morgan fingerprint density at radius 2 is 2.00 bits per heavy atom. The standard InChI is InChI=1S/C14H12ClNO3/c1-19-12-7-3-6-11(13(12)17)14(18)16-10-5-2-4-9(15)8-10/h2-8,17H,1H3,(H,16,18). The molecule has 0 saturated carbocycles. The summed E-state index contributed by atoms with van der Waals surface area (Å²) in [6.07, 6.45) is 0. The van der Waals surface area contributed by atoms with Gasteiger partial charge >= 0.3 is 0 Å². The van der Waals surface area contributed by atoms with E-state index < -0.39 is 5.91 Å². The Bertz CT molecular complexity index is 613. The number of amides is 1. The Kier molecular flexibility index (Phi) is 3.92. The molecule has 2 aromatic rings. The molecule has 0 fully saturated rings. The number of methoxy groups -OCH3 is 1. The molecule has 0 aliphatic rings. The van der Waals surface area contributed by atoms with E-state index in [1.54, 1.807) is 36.4 Å². The number of halogens is 1. The Morgan fingerprint density at radius 1 is 1.26 bits per heavy atom. The molecule has 0 bridgehead atoms. The molecule has 0 unspecified atom stereocenters. The van der Waals surface area contributed by atoms with Crippen molar-refractivity contribution in [1.82, 2.24) is 0 Å². The normalized spacial score (nSPS) is 10.0. The predicted octanol–water partition coefficient (Wildman–Crippen LogP) is 3.31. The second-order valence-corrected chi connectivity index (χ2v) is 4.26. The second kappa shape index (κ2) is 5.63. The minimum Gasteiger partial charge on any atom is -0.504 e. The van der Waals surface area contributed by atoms with Crippen molar-refractivity contribution in [2.45, 2.75) is 0 Å². The van der Waals surface area contributed by atoms with Gasteiger partial charge in [0, 0.05) is 10.7 Å². The van der Waals surface area contributed by atoms with E-state index in [9.17, 15) is 9.90 Å². The first-order chi connectivity index (χ1) is 9.11. The smallest absolute Gasteiger partial charge is 0.259 e. The fourth-order valence-electron chi connectivity index (χ4n) is 1.63. The van der Waals surface area contributed by atoms with Crippen LogP contribution < -0.4 is 10.1 Å². The van der Waals surface area contributed by atoms with Gasteiger partial charge in [0.2, 0.25) is 0 Å². The van der Waals surface area contributed by atoms with E-state index in [1.807, 2.05) is 0 Å². The molecule has 19 heavy (non-hydrogen) atoms. The summed E-state index contributed by atoms with van der Waals surface area (Å²) in [5.74, 6) is -0.373. The molecule has 1 amide bonds. The molecule has 0 spiro atoms. The SMILES string of the molecule is COc1cccc(C(=O)Nc2cccc(Cl)c2)c1O. The van der Waals surface area contributed by atoms with Crippen molar-refractivity contribution in [2.24, 2.45) is 0 Å². The van der Waals surface area contributed by atoms with Crippen molar-refractivity contribution < 1.29 is 14.6 Å². The maximum Gasteiger partial charge on any atom is 0.259 e. The fraction of sp³-hybridized carbons (Fsp3) is 0.0714. The van der Waals surface area contributed by atoms with Crippen LogP contribution in [0.2, 0.25) is 5.02 Å². The van der Waals surface area contributed by atoms with E-state index in [2.05, 4.69) is 5.32 Å². The van der Waals surface area contributed by atoms with Gasteiger partial charge in [0.05, 0.1) is 12.7 Å². The summed E-state index contributed by atoms with van der Waals surface area (Å²) in [6, 6.07) is 11.5. The molecule has 98 valence electrons. The van der Waals surface area contributed by atoms with Crippen LogP contribution in [0.4, 0.5) is 5.69 Å². The summed E-state index contributed by atoms with van der Waals surface area (Å²) >= 11 is 5.83. The Labute approximate surface area is 115 Å². The third-order valence-electron chi connectivity index (χ3n) is 2.55. The Morgan fingerprint density at radius 3 is 2.68 bits per heavy atom. The van der Waals surface area contributed by atoms with Crippen molar-refractivity contribution in [2.75, 3.05) is 12.4 Å². The number of rotatable bonds is 3. The summed E-state index contributed by atoms with van der Waals surface area (Å²) in [7, 11) is 1.42. The van der Waals surface area contributed by atoms with Gasteiger partial charge in [-0.05, 0) is 30.3 Å². The zero-order valence-corrected chi connectivity index (χ0v) is 10.9. The van der Waals surface area contributed by atoms with Gasteiger partial charge in [-0.1, -0.05) is 23.7 Å². The van der Waals surface area contributed by atoms with Crippen LogP contribution in [0.15, 0.2) is 42.5 Å². The Hall–Kier alpha value is -2.20. The van der Waals surface area contributed by atoms with Gasteiger partial charge in [-0.3, -0.25) is 4.79 Å². The van der Waals surface area contributed by atoms with Gasteiger partial charge in [-0.2, -0.15) is 0 Å². The summed E-state index contributed by atoms with van der Waals surface area (Å²) in [5, 5.41) is 13.1. The number of hydrogen-bond donors (Lipinski definition) is 2. The number of phenolic OH excluding ortho intramolecular Hbond substituents is 1. The molecule has 0 atom stereocenters. The third kappa shape index (κ3) is 2.98. The highest BCUT2D eigenvalue weighted by atomic mass is 35.5. The van der Waals surface area contributed by atoms with Gasteiger partial charge in [-0.25, -0.2) is 0 Å². The molecule has 0 aromatic heterocycles. The van der Waals surface area contributed by atoms with Gasteiger partial charge in [0.25, 0.3) is 5.91 Å². The minimum absolute atomic E-state index is 0.138. The molecule has 2 aromatic carbocycles.